The highest BCUT2D eigenvalue weighted by molar-refractivity contribution is 6.36. The van der Waals surface area contributed by atoms with Gasteiger partial charge in [-0.15, -0.1) is 0 Å². The molecule has 0 fully saturated rings. The maximum atomic E-state index is 11.3. The molecule has 0 saturated heterocycles. The molecule has 0 aliphatic heterocycles. The Labute approximate surface area is 102 Å². The lowest BCUT2D eigenvalue weighted by atomic mass is 10.1. The lowest BCUT2D eigenvalue weighted by Crippen LogP contribution is -2.36. The maximum Gasteiger partial charge on any atom is 0.231 e. The fourth-order valence-corrected chi connectivity index (χ4v) is 1.78. The van der Waals surface area contributed by atoms with Crippen LogP contribution in [0.5, 0.6) is 0 Å². The second kappa shape index (κ2) is 5.05. The molecule has 5 nitrogen and oxygen atoms in total. The van der Waals surface area contributed by atoms with Gasteiger partial charge in [-0.2, -0.15) is 0 Å². The van der Waals surface area contributed by atoms with Gasteiger partial charge in [0, 0.05) is 15.7 Å². The summed E-state index contributed by atoms with van der Waals surface area (Å²) < 4.78 is 0. The van der Waals surface area contributed by atoms with Crippen molar-refractivity contribution in [1.29, 1.82) is 5.41 Å². The third kappa shape index (κ3) is 3.29. The molecule has 16 heavy (non-hydrogen) atoms. The van der Waals surface area contributed by atoms with Crippen molar-refractivity contribution < 1.29 is 4.79 Å². The molecule has 7 heteroatoms. The van der Waals surface area contributed by atoms with Crippen molar-refractivity contribution in [3.05, 3.63) is 27.7 Å². The number of guanidine groups is 1. The van der Waals surface area contributed by atoms with E-state index in [9.17, 15) is 4.79 Å². The highest BCUT2D eigenvalue weighted by Gasteiger charge is 2.12. The number of nitrogen functional groups attached to an aromatic ring is 1. The van der Waals surface area contributed by atoms with E-state index in [1.165, 1.54) is 12.1 Å². The zero-order valence-corrected chi connectivity index (χ0v) is 9.69. The molecule has 1 amide bonds. The molecule has 1 aromatic rings. The van der Waals surface area contributed by atoms with E-state index >= 15 is 0 Å². The van der Waals surface area contributed by atoms with E-state index in [0.717, 1.165) is 0 Å². The van der Waals surface area contributed by atoms with Gasteiger partial charge in [0.15, 0.2) is 5.96 Å². The standard InChI is InChI=1S/C9H10Cl2N4O/c10-6-1-4(12)2-7(11)5(6)3-8(16)15-9(13)14/h1-2H,3,12H2,(H4,13,14,15,16). The summed E-state index contributed by atoms with van der Waals surface area (Å²) in [7, 11) is 0. The number of benzene rings is 1. The van der Waals surface area contributed by atoms with E-state index < -0.39 is 11.9 Å². The number of nitrogens with two attached hydrogens (primary N) is 2. The van der Waals surface area contributed by atoms with Crippen LogP contribution in [-0.4, -0.2) is 11.9 Å². The number of rotatable bonds is 2. The number of hydrogen-bond acceptors (Lipinski definition) is 3. The van der Waals surface area contributed by atoms with Crippen LogP contribution in [0.1, 0.15) is 5.56 Å². The van der Waals surface area contributed by atoms with Crippen molar-refractivity contribution in [3.63, 3.8) is 0 Å². The van der Waals surface area contributed by atoms with E-state index in [1.807, 2.05) is 0 Å². The molecule has 0 bridgehead atoms. The Morgan fingerprint density at radius 2 is 1.88 bits per heavy atom. The number of halogens is 2. The molecule has 0 heterocycles. The third-order valence-electron chi connectivity index (χ3n) is 1.77. The Balaban J connectivity index is 2.89. The predicted octanol–water partition coefficient (Wildman–Crippen LogP) is 1.13. The molecule has 1 rings (SSSR count). The van der Waals surface area contributed by atoms with Gasteiger partial charge in [0.25, 0.3) is 0 Å². The van der Waals surface area contributed by atoms with Crippen LogP contribution in [0.2, 0.25) is 10.0 Å². The maximum absolute atomic E-state index is 11.3. The molecule has 0 aliphatic carbocycles. The number of carbonyl (C=O) groups is 1. The first kappa shape index (κ1) is 12.6. The van der Waals surface area contributed by atoms with Gasteiger partial charge in [-0.3, -0.25) is 15.5 Å². The van der Waals surface area contributed by atoms with E-state index in [4.69, 9.17) is 40.1 Å². The Hall–Kier alpha value is -1.46. The minimum Gasteiger partial charge on any atom is -0.399 e. The number of amides is 1. The normalized spacial score (nSPS) is 9.88. The first-order valence-corrected chi connectivity index (χ1v) is 5.03. The smallest absolute Gasteiger partial charge is 0.231 e. The third-order valence-corrected chi connectivity index (χ3v) is 2.45. The van der Waals surface area contributed by atoms with Crippen molar-refractivity contribution in [1.82, 2.24) is 5.32 Å². The van der Waals surface area contributed by atoms with Crippen LogP contribution in [0.3, 0.4) is 0 Å². The second-order valence-electron chi connectivity index (χ2n) is 3.10. The fourth-order valence-electron chi connectivity index (χ4n) is 1.15. The summed E-state index contributed by atoms with van der Waals surface area (Å²) in [5.74, 6) is -0.881. The molecule has 86 valence electrons. The molecule has 0 atom stereocenters. The van der Waals surface area contributed by atoms with Crippen LogP contribution >= 0.6 is 23.2 Å². The van der Waals surface area contributed by atoms with Crippen molar-refractivity contribution in [3.8, 4) is 0 Å². The summed E-state index contributed by atoms with van der Waals surface area (Å²) in [6.45, 7) is 0. The summed E-state index contributed by atoms with van der Waals surface area (Å²) in [5.41, 5.74) is 11.4. The van der Waals surface area contributed by atoms with E-state index in [2.05, 4.69) is 5.32 Å². The monoisotopic (exact) mass is 260 g/mol. The minimum atomic E-state index is -0.457. The Bertz CT molecular complexity index is 424. The molecule has 6 N–H and O–H groups in total. The zero-order valence-electron chi connectivity index (χ0n) is 8.18. The number of anilines is 1. The van der Waals surface area contributed by atoms with E-state index in [1.54, 1.807) is 0 Å². The Morgan fingerprint density at radius 1 is 1.38 bits per heavy atom. The molecule has 0 aliphatic rings. The average molecular weight is 261 g/mol. The fraction of sp³-hybridized carbons (Fsp3) is 0.111. The molecule has 0 saturated carbocycles. The molecule has 0 radical (unpaired) electrons. The van der Waals surface area contributed by atoms with Gasteiger partial charge in [0.1, 0.15) is 0 Å². The van der Waals surface area contributed by atoms with E-state index in [0.29, 0.717) is 21.3 Å². The average Bonchev–Trinajstić information content (AvgIpc) is 2.09. The van der Waals surface area contributed by atoms with Crippen molar-refractivity contribution in [2.75, 3.05) is 5.73 Å². The number of nitrogens with one attached hydrogen (secondary N) is 2. The summed E-state index contributed by atoms with van der Waals surface area (Å²) in [5, 5.41) is 9.64. The highest BCUT2D eigenvalue weighted by atomic mass is 35.5. The van der Waals surface area contributed by atoms with Crippen LogP contribution in [-0.2, 0) is 11.2 Å². The Morgan fingerprint density at radius 3 is 2.31 bits per heavy atom. The van der Waals surface area contributed by atoms with Crippen molar-refractivity contribution in [2.45, 2.75) is 6.42 Å². The molecular formula is C9H10Cl2N4O. The lowest BCUT2D eigenvalue weighted by Gasteiger charge is -2.08. The first-order chi connectivity index (χ1) is 7.40. The van der Waals surface area contributed by atoms with Gasteiger partial charge in [-0.1, -0.05) is 23.2 Å². The quantitative estimate of drug-likeness (QED) is 0.364. The van der Waals surface area contributed by atoms with Crippen LogP contribution in [0.25, 0.3) is 0 Å². The second-order valence-corrected chi connectivity index (χ2v) is 3.92. The van der Waals surface area contributed by atoms with Gasteiger partial charge in [0.2, 0.25) is 5.91 Å². The van der Waals surface area contributed by atoms with Gasteiger partial charge in [0.05, 0.1) is 6.42 Å². The summed E-state index contributed by atoms with van der Waals surface area (Å²) >= 11 is 11.8. The van der Waals surface area contributed by atoms with Gasteiger partial charge >= 0.3 is 0 Å². The first-order valence-electron chi connectivity index (χ1n) is 4.27. The summed E-state index contributed by atoms with van der Waals surface area (Å²) in [4.78, 5) is 11.3. The van der Waals surface area contributed by atoms with Crippen molar-refractivity contribution >= 4 is 40.8 Å². The van der Waals surface area contributed by atoms with E-state index in [-0.39, 0.29) is 6.42 Å². The molecule has 0 spiro atoms. The van der Waals surface area contributed by atoms with Gasteiger partial charge < -0.3 is 11.5 Å². The number of hydrogen-bond donors (Lipinski definition) is 4. The minimum absolute atomic E-state index is 0.0580. The van der Waals surface area contributed by atoms with Gasteiger partial charge in [-0.25, -0.2) is 0 Å². The van der Waals surface area contributed by atoms with Gasteiger partial charge in [-0.05, 0) is 17.7 Å². The lowest BCUT2D eigenvalue weighted by molar-refractivity contribution is -0.119. The van der Waals surface area contributed by atoms with Crippen molar-refractivity contribution in [2.24, 2.45) is 5.73 Å². The van der Waals surface area contributed by atoms with Crippen LogP contribution < -0.4 is 16.8 Å². The topological polar surface area (TPSA) is 105 Å². The highest BCUT2D eigenvalue weighted by Crippen LogP contribution is 2.28. The zero-order chi connectivity index (χ0) is 12.3. The predicted molar refractivity (Wildman–Crippen MR) is 64.6 cm³/mol. The van der Waals surface area contributed by atoms with Crippen LogP contribution in [0.15, 0.2) is 12.1 Å². The SMILES string of the molecule is N=C(N)NC(=O)Cc1c(Cl)cc(N)cc1Cl. The van der Waals surface area contributed by atoms with Crippen LogP contribution in [0.4, 0.5) is 5.69 Å². The Kier molecular flexibility index (Phi) is 3.98. The number of carbonyl (C=O) groups excluding carboxylic acids is 1. The molecule has 1 aromatic carbocycles. The molecule has 0 unspecified atom stereocenters. The largest absolute Gasteiger partial charge is 0.399 e. The summed E-state index contributed by atoms with van der Waals surface area (Å²) in [6, 6.07) is 3.01. The molecule has 0 aromatic heterocycles. The van der Waals surface area contributed by atoms with Crippen LogP contribution in [0, 0.1) is 5.41 Å². The summed E-state index contributed by atoms with van der Waals surface area (Å²) in [6.07, 6.45) is -0.0580. The molecular weight excluding hydrogens is 251 g/mol.